The fourth-order valence-corrected chi connectivity index (χ4v) is 5.08. The van der Waals surface area contributed by atoms with Gasteiger partial charge in [0.15, 0.2) is 6.61 Å². The SMILES string of the molecule is CC(NOCC(F)(F)F)C12CC3CC(CC(C3)C1)C2. The number of hydrogen-bond donors (Lipinski definition) is 1. The molecular weight excluding hydrogens is 255 g/mol. The Hall–Kier alpha value is -0.290. The molecule has 0 aromatic rings. The predicted molar refractivity (Wildman–Crippen MR) is 65.2 cm³/mol. The fourth-order valence-electron chi connectivity index (χ4n) is 5.08. The van der Waals surface area contributed by atoms with E-state index in [1.807, 2.05) is 6.92 Å². The Morgan fingerprint density at radius 1 is 1.11 bits per heavy atom. The third-order valence-corrected chi connectivity index (χ3v) is 5.50. The van der Waals surface area contributed by atoms with E-state index in [1.54, 1.807) is 0 Å². The van der Waals surface area contributed by atoms with Gasteiger partial charge in [-0.25, -0.2) is 0 Å². The smallest absolute Gasteiger partial charge is 0.292 e. The molecule has 4 saturated carbocycles. The summed E-state index contributed by atoms with van der Waals surface area (Å²) in [6, 6.07) is 0.0169. The molecule has 0 aliphatic heterocycles. The largest absolute Gasteiger partial charge is 0.413 e. The van der Waals surface area contributed by atoms with E-state index < -0.39 is 12.8 Å². The van der Waals surface area contributed by atoms with Gasteiger partial charge in [0.1, 0.15) is 0 Å². The number of halogens is 3. The van der Waals surface area contributed by atoms with Crippen molar-refractivity contribution in [3.8, 4) is 0 Å². The summed E-state index contributed by atoms with van der Waals surface area (Å²) in [5.41, 5.74) is 2.86. The molecule has 4 aliphatic carbocycles. The molecule has 0 aromatic heterocycles. The molecule has 1 N–H and O–H groups in total. The standard InChI is InChI=1S/C14H22F3NO/c1-9(18-19-8-14(15,16)17)13-5-10-2-11(6-13)4-12(3-10)7-13/h9-12,18H,2-8H2,1H3. The number of hydrogen-bond acceptors (Lipinski definition) is 2. The Balaban J connectivity index is 1.58. The molecule has 4 rings (SSSR count). The van der Waals surface area contributed by atoms with Gasteiger partial charge >= 0.3 is 6.18 Å². The zero-order valence-corrected chi connectivity index (χ0v) is 11.3. The van der Waals surface area contributed by atoms with Gasteiger partial charge < -0.3 is 0 Å². The number of alkyl halides is 3. The third-order valence-electron chi connectivity index (χ3n) is 5.50. The van der Waals surface area contributed by atoms with E-state index >= 15 is 0 Å². The minimum atomic E-state index is -4.26. The maximum absolute atomic E-state index is 12.1. The van der Waals surface area contributed by atoms with Gasteiger partial charge in [-0.2, -0.15) is 18.7 Å². The van der Waals surface area contributed by atoms with Crippen molar-refractivity contribution >= 4 is 0 Å². The normalized spacial score (nSPS) is 42.6. The molecule has 4 bridgehead atoms. The molecular formula is C14H22F3NO. The van der Waals surface area contributed by atoms with E-state index in [0.29, 0.717) is 0 Å². The van der Waals surface area contributed by atoms with Gasteiger partial charge in [-0.05, 0) is 68.6 Å². The van der Waals surface area contributed by atoms with Crippen molar-refractivity contribution in [2.45, 2.75) is 57.7 Å². The summed E-state index contributed by atoms with van der Waals surface area (Å²) < 4.78 is 36.3. The monoisotopic (exact) mass is 277 g/mol. The topological polar surface area (TPSA) is 21.3 Å². The lowest BCUT2D eigenvalue weighted by Gasteiger charge is -2.59. The van der Waals surface area contributed by atoms with E-state index in [9.17, 15) is 13.2 Å². The average Bonchev–Trinajstić information content (AvgIpc) is 2.25. The molecule has 0 saturated heterocycles. The fraction of sp³-hybridized carbons (Fsp3) is 1.00. The maximum atomic E-state index is 12.1. The third kappa shape index (κ3) is 2.77. The molecule has 0 spiro atoms. The second-order valence-electron chi connectivity index (χ2n) is 7.02. The predicted octanol–water partition coefficient (Wildman–Crippen LogP) is 3.67. The van der Waals surface area contributed by atoms with Crippen LogP contribution in [0.15, 0.2) is 0 Å². The van der Waals surface area contributed by atoms with E-state index in [-0.39, 0.29) is 11.5 Å². The summed E-state index contributed by atoms with van der Waals surface area (Å²) in [5.74, 6) is 2.41. The molecule has 0 aromatic carbocycles. The van der Waals surface area contributed by atoms with Gasteiger partial charge in [-0.15, -0.1) is 0 Å². The molecule has 1 atom stereocenters. The Morgan fingerprint density at radius 3 is 2.00 bits per heavy atom. The van der Waals surface area contributed by atoms with Crippen molar-refractivity contribution in [3.63, 3.8) is 0 Å². The quantitative estimate of drug-likeness (QED) is 0.792. The lowest BCUT2D eigenvalue weighted by atomic mass is 9.48. The van der Waals surface area contributed by atoms with Crippen LogP contribution in [0.2, 0.25) is 0 Å². The molecule has 2 nitrogen and oxygen atoms in total. The second kappa shape index (κ2) is 4.62. The first kappa shape index (κ1) is 13.7. The van der Waals surface area contributed by atoms with Crippen LogP contribution < -0.4 is 5.48 Å². The first-order valence-corrected chi connectivity index (χ1v) is 7.30. The van der Waals surface area contributed by atoms with Crippen molar-refractivity contribution in [3.05, 3.63) is 0 Å². The summed E-state index contributed by atoms with van der Waals surface area (Å²) in [7, 11) is 0. The number of nitrogens with one attached hydrogen (secondary N) is 1. The van der Waals surface area contributed by atoms with Crippen molar-refractivity contribution in [2.75, 3.05) is 6.61 Å². The first-order chi connectivity index (χ1) is 8.86. The van der Waals surface area contributed by atoms with E-state index in [0.717, 1.165) is 17.8 Å². The molecule has 0 heterocycles. The number of hydroxylamine groups is 1. The molecule has 0 radical (unpaired) electrons. The van der Waals surface area contributed by atoms with Crippen LogP contribution in [0.1, 0.15) is 45.4 Å². The summed E-state index contributed by atoms with van der Waals surface area (Å²) in [6.45, 7) is 0.785. The highest BCUT2D eigenvalue weighted by atomic mass is 19.4. The van der Waals surface area contributed by atoms with Crippen molar-refractivity contribution in [1.82, 2.24) is 5.48 Å². The summed E-state index contributed by atoms with van der Waals surface area (Å²) in [5, 5.41) is 0. The summed E-state index contributed by atoms with van der Waals surface area (Å²) in [4.78, 5) is 4.67. The van der Waals surface area contributed by atoms with Gasteiger partial charge in [0, 0.05) is 6.04 Å². The van der Waals surface area contributed by atoms with Gasteiger partial charge in [0.2, 0.25) is 0 Å². The number of rotatable bonds is 4. The molecule has 4 fully saturated rings. The zero-order chi connectivity index (χ0) is 13.7. The van der Waals surface area contributed by atoms with Gasteiger partial charge in [0.25, 0.3) is 0 Å². The van der Waals surface area contributed by atoms with E-state index in [4.69, 9.17) is 0 Å². The van der Waals surface area contributed by atoms with Crippen LogP contribution in [0.4, 0.5) is 13.2 Å². The molecule has 4 aliphatic rings. The van der Waals surface area contributed by atoms with Crippen LogP contribution in [0.25, 0.3) is 0 Å². The lowest BCUT2D eigenvalue weighted by Crippen LogP contribution is -2.55. The van der Waals surface area contributed by atoms with Crippen LogP contribution >= 0.6 is 0 Å². The zero-order valence-electron chi connectivity index (χ0n) is 11.3. The Morgan fingerprint density at radius 2 is 1.58 bits per heavy atom. The second-order valence-corrected chi connectivity index (χ2v) is 7.02. The maximum Gasteiger partial charge on any atom is 0.413 e. The Bertz CT molecular complexity index is 307. The van der Waals surface area contributed by atoms with Crippen LogP contribution in [0, 0.1) is 23.2 Å². The first-order valence-electron chi connectivity index (χ1n) is 7.30. The minimum absolute atomic E-state index is 0.0169. The lowest BCUT2D eigenvalue weighted by molar-refractivity contribution is -0.201. The highest BCUT2D eigenvalue weighted by molar-refractivity contribution is 5.04. The van der Waals surface area contributed by atoms with E-state index in [1.165, 1.54) is 38.5 Å². The molecule has 0 amide bonds. The molecule has 110 valence electrons. The van der Waals surface area contributed by atoms with Crippen molar-refractivity contribution in [1.29, 1.82) is 0 Å². The Kier molecular flexibility index (Phi) is 3.33. The van der Waals surface area contributed by atoms with Crippen molar-refractivity contribution < 1.29 is 18.0 Å². The highest BCUT2D eigenvalue weighted by Gasteiger charge is 2.53. The van der Waals surface area contributed by atoms with Crippen LogP contribution in [-0.2, 0) is 4.84 Å². The van der Waals surface area contributed by atoms with Gasteiger partial charge in [-0.3, -0.25) is 4.84 Å². The minimum Gasteiger partial charge on any atom is -0.292 e. The molecule has 1 unspecified atom stereocenters. The van der Waals surface area contributed by atoms with Gasteiger partial charge in [-0.1, -0.05) is 0 Å². The van der Waals surface area contributed by atoms with Crippen LogP contribution in [0.5, 0.6) is 0 Å². The summed E-state index contributed by atoms with van der Waals surface area (Å²) in [6.07, 6.45) is 3.28. The highest BCUT2D eigenvalue weighted by Crippen LogP contribution is 2.61. The van der Waals surface area contributed by atoms with Crippen LogP contribution in [0.3, 0.4) is 0 Å². The average molecular weight is 277 g/mol. The molecule has 19 heavy (non-hydrogen) atoms. The Labute approximate surface area is 112 Å². The van der Waals surface area contributed by atoms with Crippen LogP contribution in [-0.4, -0.2) is 18.8 Å². The van der Waals surface area contributed by atoms with E-state index in [2.05, 4.69) is 10.3 Å². The summed E-state index contributed by atoms with van der Waals surface area (Å²) >= 11 is 0. The van der Waals surface area contributed by atoms with Crippen molar-refractivity contribution in [2.24, 2.45) is 23.2 Å². The molecule has 5 heteroatoms. The van der Waals surface area contributed by atoms with Gasteiger partial charge in [0.05, 0.1) is 0 Å².